The number of nitrogens with one attached hydrogen (secondary N) is 1. The second-order valence-corrected chi connectivity index (χ2v) is 5.00. The summed E-state index contributed by atoms with van der Waals surface area (Å²) in [5.74, 6) is 0. The first-order valence-electron chi connectivity index (χ1n) is 6.55. The van der Waals surface area contributed by atoms with Gasteiger partial charge in [0.05, 0.1) is 0 Å². The maximum atomic E-state index is 5.55. The number of hydrogen-bond donors (Lipinski definition) is 2. The van der Waals surface area contributed by atoms with Crippen molar-refractivity contribution in [1.82, 2.24) is 14.8 Å². The molecule has 4 heteroatoms. The molecule has 0 spiro atoms. The van der Waals surface area contributed by atoms with Crippen LogP contribution in [0.1, 0.15) is 17.7 Å². The molecule has 1 aromatic heterocycles. The van der Waals surface area contributed by atoms with E-state index in [0.29, 0.717) is 6.54 Å². The van der Waals surface area contributed by atoms with Gasteiger partial charge in [-0.05, 0) is 51.2 Å². The van der Waals surface area contributed by atoms with Gasteiger partial charge in [0.1, 0.15) is 0 Å². The lowest BCUT2D eigenvalue weighted by Gasteiger charge is -2.19. The van der Waals surface area contributed by atoms with Crippen molar-refractivity contribution in [3.63, 3.8) is 0 Å². The fraction of sp³-hybridized carbons (Fsp3) is 0.692. The second kappa shape index (κ2) is 6.19. The van der Waals surface area contributed by atoms with E-state index < -0.39 is 0 Å². The Kier molecular flexibility index (Phi) is 4.59. The molecule has 0 amide bonds. The van der Waals surface area contributed by atoms with Crippen molar-refractivity contribution in [3.05, 3.63) is 23.5 Å². The Morgan fingerprint density at radius 1 is 1.29 bits per heavy atom. The van der Waals surface area contributed by atoms with Gasteiger partial charge in [-0.1, -0.05) is 0 Å². The third-order valence-electron chi connectivity index (χ3n) is 3.43. The Bertz CT molecular complexity index is 334. The molecule has 1 fully saturated rings. The third-order valence-corrected chi connectivity index (χ3v) is 3.43. The molecule has 0 saturated carbocycles. The lowest BCUT2D eigenvalue weighted by Crippen LogP contribution is -2.28. The van der Waals surface area contributed by atoms with Gasteiger partial charge in [-0.15, -0.1) is 0 Å². The average Bonchev–Trinajstić information content (AvgIpc) is 2.63. The van der Waals surface area contributed by atoms with Crippen LogP contribution in [0.2, 0.25) is 0 Å². The van der Waals surface area contributed by atoms with Crippen molar-refractivity contribution in [1.29, 1.82) is 0 Å². The maximum Gasteiger partial charge on any atom is 0.0249 e. The van der Waals surface area contributed by atoms with Gasteiger partial charge in [0.2, 0.25) is 0 Å². The number of likely N-dealkylation sites (N-methyl/N-ethyl adjacent to an activating group) is 1. The van der Waals surface area contributed by atoms with Crippen molar-refractivity contribution in [3.8, 4) is 0 Å². The minimum atomic E-state index is 0.717. The lowest BCUT2D eigenvalue weighted by atomic mass is 10.2. The summed E-state index contributed by atoms with van der Waals surface area (Å²) in [7, 11) is 2.21. The summed E-state index contributed by atoms with van der Waals surface area (Å²) in [4.78, 5) is 8.26. The predicted molar refractivity (Wildman–Crippen MR) is 70.9 cm³/mol. The zero-order chi connectivity index (χ0) is 12.1. The molecule has 2 heterocycles. The van der Waals surface area contributed by atoms with Gasteiger partial charge < -0.3 is 15.6 Å². The van der Waals surface area contributed by atoms with Crippen LogP contribution < -0.4 is 5.73 Å². The van der Waals surface area contributed by atoms with E-state index in [4.69, 9.17) is 5.73 Å². The zero-order valence-electron chi connectivity index (χ0n) is 10.8. The standard InChI is InChI=1S/C13H24N4/c1-16-5-2-6-17(8-7-16)11-12-9-13(3-4-14)15-10-12/h9-10,15H,2-8,11,14H2,1H3. The highest BCUT2D eigenvalue weighted by Crippen LogP contribution is 2.10. The van der Waals surface area contributed by atoms with Crippen molar-refractivity contribution >= 4 is 0 Å². The van der Waals surface area contributed by atoms with Gasteiger partial charge in [0.25, 0.3) is 0 Å². The minimum absolute atomic E-state index is 0.717. The highest BCUT2D eigenvalue weighted by Gasteiger charge is 2.12. The van der Waals surface area contributed by atoms with Crippen LogP contribution in [0.3, 0.4) is 0 Å². The molecule has 4 nitrogen and oxygen atoms in total. The number of nitrogens with two attached hydrogens (primary N) is 1. The Balaban J connectivity index is 1.86. The first-order valence-corrected chi connectivity index (χ1v) is 6.55. The van der Waals surface area contributed by atoms with E-state index in [1.54, 1.807) is 0 Å². The van der Waals surface area contributed by atoms with Crippen LogP contribution in [0.15, 0.2) is 12.3 Å². The molecule has 1 saturated heterocycles. The smallest absolute Gasteiger partial charge is 0.0249 e. The van der Waals surface area contributed by atoms with Crippen LogP contribution in [0.4, 0.5) is 0 Å². The van der Waals surface area contributed by atoms with Crippen molar-refractivity contribution < 1.29 is 0 Å². The lowest BCUT2D eigenvalue weighted by molar-refractivity contribution is 0.269. The van der Waals surface area contributed by atoms with E-state index in [1.165, 1.54) is 43.9 Å². The van der Waals surface area contributed by atoms with Crippen molar-refractivity contribution in [2.45, 2.75) is 19.4 Å². The summed E-state index contributed by atoms with van der Waals surface area (Å²) in [6, 6.07) is 2.25. The summed E-state index contributed by atoms with van der Waals surface area (Å²) in [5, 5.41) is 0. The molecule has 1 aromatic rings. The molecule has 0 aromatic carbocycles. The molecule has 0 unspecified atom stereocenters. The molecule has 3 N–H and O–H groups in total. The van der Waals surface area contributed by atoms with Gasteiger partial charge in [-0.3, -0.25) is 4.90 Å². The van der Waals surface area contributed by atoms with Gasteiger partial charge >= 0.3 is 0 Å². The fourth-order valence-electron chi connectivity index (χ4n) is 2.40. The quantitative estimate of drug-likeness (QED) is 0.807. The molecule has 1 aliphatic rings. The summed E-state index contributed by atoms with van der Waals surface area (Å²) in [6.07, 6.45) is 4.35. The van der Waals surface area contributed by atoms with Gasteiger partial charge in [-0.25, -0.2) is 0 Å². The Morgan fingerprint density at radius 2 is 2.18 bits per heavy atom. The highest BCUT2D eigenvalue weighted by molar-refractivity contribution is 5.17. The molecule has 0 radical (unpaired) electrons. The van der Waals surface area contributed by atoms with E-state index in [2.05, 4.69) is 34.1 Å². The van der Waals surface area contributed by atoms with E-state index in [9.17, 15) is 0 Å². The molecule has 0 aliphatic carbocycles. The normalized spacial score (nSPS) is 19.4. The number of nitrogens with zero attached hydrogens (tertiary/aromatic N) is 2. The third kappa shape index (κ3) is 3.84. The molecule has 0 atom stereocenters. The summed E-state index contributed by atoms with van der Waals surface area (Å²) in [6.45, 7) is 6.57. The molecule has 2 rings (SSSR count). The molecule has 0 bridgehead atoms. The summed E-state index contributed by atoms with van der Waals surface area (Å²) >= 11 is 0. The van der Waals surface area contributed by atoms with E-state index >= 15 is 0 Å². The summed E-state index contributed by atoms with van der Waals surface area (Å²) in [5.41, 5.74) is 8.20. The van der Waals surface area contributed by atoms with Crippen LogP contribution in [-0.2, 0) is 13.0 Å². The zero-order valence-corrected chi connectivity index (χ0v) is 10.8. The Morgan fingerprint density at radius 3 is 3.00 bits per heavy atom. The average molecular weight is 236 g/mol. The van der Waals surface area contributed by atoms with Gasteiger partial charge in [0.15, 0.2) is 0 Å². The van der Waals surface area contributed by atoms with Crippen LogP contribution in [0.25, 0.3) is 0 Å². The minimum Gasteiger partial charge on any atom is -0.365 e. The van der Waals surface area contributed by atoms with Gasteiger partial charge in [0, 0.05) is 31.5 Å². The van der Waals surface area contributed by atoms with E-state index in [0.717, 1.165) is 13.0 Å². The number of aromatic amines is 1. The first kappa shape index (κ1) is 12.6. The fourth-order valence-corrected chi connectivity index (χ4v) is 2.40. The largest absolute Gasteiger partial charge is 0.365 e. The second-order valence-electron chi connectivity index (χ2n) is 5.00. The Labute approximate surface area is 104 Å². The number of H-pyrrole nitrogens is 1. The van der Waals surface area contributed by atoms with Crippen LogP contribution in [-0.4, -0.2) is 54.6 Å². The highest BCUT2D eigenvalue weighted by atomic mass is 15.2. The number of hydrogen-bond acceptors (Lipinski definition) is 3. The maximum absolute atomic E-state index is 5.55. The molecule has 17 heavy (non-hydrogen) atoms. The summed E-state index contributed by atoms with van der Waals surface area (Å²) < 4.78 is 0. The monoisotopic (exact) mass is 236 g/mol. The van der Waals surface area contributed by atoms with Crippen molar-refractivity contribution in [2.75, 3.05) is 39.8 Å². The number of rotatable bonds is 4. The van der Waals surface area contributed by atoms with Gasteiger partial charge in [-0.2, -0.15) is 0 Å². The SMILES string of the molecule is CN1CCCN(Cc2c[nH]c(CCN)c2)CC1. The topological polar surface area (TPSA) is 48.3 Å². The van der Waals surface area contributed by atoms with Crippen LogP contribution in [0.5, 0.6) is 0 Å². The predicted octanol–water partition coefficient (Wildman–Crippen LogP) is 0.653. The molecular formula is C13H24N4. The molecule has 96 valence electrons. The number of aromatic nitrogens is 1. The molecular weight excluding hydrogens is 212 g/mol. The first-order chi connectivity index (χ1) is 8.28. The van der Waals surface area contributed by atoms with Crippen LogP contribution >= 0.6 is 0 Å². The van der Waals surface area contributed by atoms with Crippen molar-refractivity contribution in [2.24, 2.45) is 5.73 Å². The van der Waals surface area contributed by atoms with E-state index in [1.807, 2.05) is 0 Å². The molecule has 1 aliphatic heterocycles. The Hall–Kier alpha value is -0.840. The van der Waals surface area contributed by atoms with Crippen LogP contribution in [0, 0.1) is 0 Å². The van der Waals surface area contributed by atoms with E-state index in [-0.39, 0.29) is 0 Å².